The van der Waals surface area contributed by atoms with Crippen molar-refractivity contribution in [2.45, 2.75) is 111 Å². The molecule has 10 atom stereocenters. The normalized spacial score (nSPS) is 52.6. The van der Waals surface area contributed by atoms with Gasteiger partial charge in [0.2, 0.25) is 0 Å². The largest absolute Gasteiger partial charge is 0.390 e. The molecule has 0 amide bonds. The molecule has 4 fully saturated rings. The Morgan fingerprint density at radius 3 is 2.34 bits per heavy atom. The van der Waals surface area contributed by atoms with E-state index in [1.807, 2.05) is 20.8 Å². The number of fused-ring (bicyclic) bond motifs is 7. The molecule has 3 saturated carbocycles. The minimum Gasteiger partial charge on any atom is -0.390 e. The smallest absolute Gasteiger partial charge is 0.162 e. The summed E-state index contributed by atoms with van der Waals surface area (Å²) in [7, 11) is 0. The summed E-state index contributed by atoms with van der Waals surface area (Å²) in [4.78, 5) is 27.2. The van der Waals surface area contributed by atoms with Crippen molar-refractivity contribution in [3.05, 3.63) is 23.3 Å². The van der Waals surface area contributed by atoms with E-state index in [1.54, 1.807) is 0 Å². The highest BCUT2D eigenvalue weighted by Crippen LogP contribution is 2.75. The van der Waals surface area contributed by atoms with E-state index >= 15 is 0 Å². The first kappa shape index (κ1) is 25.4. The van der Waals surface area contributed by atoms with Gasteiger partial charge in [-0.3, -0.25) is 9.59 Å². The number of rotatable bonds is 1. The second-order valence-corrected chi connectivity index (χ2v) is 14.2. The summed E-state index contributed by atoms with van der Waals surface area (Å²) in [5.41, 5.74) is -0.614. The lowest BCUT2D eigenvalue weighted by Gasteiger charge is -2.64. The molecule has 5 nitrogen and oxygen atoms in total. The monoisotopic (exact) mass is 484 g/mol. The molecule has 1 aliphatic heterocycles. The lowest BCUT2D eigenvalue weighted by Crippen LogP contribution is -2.65. The van der Waals surface area contributed by atoms with Gasteiger partial charge in [-0.1, -0.05) is 57.9 Å². The zero-order valence-electron chi connectivity index (χ0n) is 22.8. The number of ether oxygens (including phenoxy) is 1. The number of hydrogen-bond acceptors (Lipinski definition) is 5. The lowest BCUT2D eigenvalue weighted by atomic mass is 9.38. The zero-order chi connectivity index (χ0) is 25.9. The van der Waals surface area contributed by atoms with Crippen LogP contribution in [0.4, 0.5) is 0 Å². The van der Waals surface area contributed by atoms with Gasteiger partial charge in [-0.05, 0) is 56.3 Å². The van der Waals surface area contributed by atoms with Crippen molar-refractivity contribution < 1.29 is 24.5 Å². The van der Waals surface area contributed by atoms with Crippen LogP contribution in [0.2, 0.25) is 0 Å². The molecule has 1 unspecified atom stereocenters. The molecular formula is C30H44O5. The van der Waals surface area contributed by atoms with Crippen molar-refractivity contribution in [1.82, 2.24) is 0 Å². The van der Waals surface area contributed by atoms with Crippen LogP contribution in [0.5, 0.6) is 0 Å². The lowest BCUT2D eigenvalue weighted by molar-refractivity contribution is -0.200. The van der Waals surface area contributed by atoms with Gasteiger partial charge in [0.05, 0.1) is 17.8 Å². The van der Waals surface area contributed by atoms with Crippen LogP contribution in [0, 0.1) is 39.4 Å². The van der Waals surface area contributed by atoms with Crippen LogP contribution in [0.25, 0.3) is 0 Å². The molecular weight excluding hydrogens is 440 g/mol. The molecule has 0 aromatic rings. The number of aliphatic hydroxyl groups is 2. The molecule has 5 rings (SSSR count). The molecule has 0 bridgehead atoms. The fourth-order valence-electron chi connectivity index (χ4n) is 9.82. The third-order valence-corrected chi connectivity index (χ3v) is 11.6. The highest BCUT2D eigenvalue weighted by Gasteiger charge is 2.75. The standard InChI is InChI=1S/C30H44O5/c1-16(2)11-17-13-29(7,34)24-21(35-17)14-27(5)22-10-9-18-19(12-20(31)25(33)26(18,3)4)30(22,8)23(32)15-28(24,27)6/h9,11,17,19,21-22,24-25,33-34H,10,12-15H2,1-8H3/t17?,19-,21-,22+,24+,25-,27+,28-,29+,30+/m1/s1. The second kappa shape index (κ2) is 7.39. The van der Waals surface area contributed by atoms with Gasteiger partial charge in [0.25, 0.3) is 0 Å². The number of carbonyl (C=O) groups is 2. The van der Waals surface area contributed by atoms with Crippen molar-refractivity contribution in [1.29, 1.82) is 0 Å². The number of allylic oxidation sites excluding steroid dienone is 2. The Bertz CT molecular complexity index is 1030. The Kier molecular flexibility index (Phi) is 5.35. The minimum atomic E-state index is -1.02. The maximum Gasteiger partial charge on any atom is 0.162 e. The molecule has 5 heteroatoms. The fraction of sp³-hybridized carbons (Fsp3) is 0.800. The van der Waals surface area contributed by atoms with Gasteiger partial charge in [-0.15, -0.1) is 0 Å². The predicted molar refractivity (Wildman–Crippen MR) is 134 cm³/mol. The van der Waals surface area contributed by atoms with Crippen LogP contribution in [0.15, 0.2) is 23.3 Å². The fourth-order valence-corrected chi connectivity index (χ4v) is 9.82. The summed E-state index contributed by atoms with van der Waals surface area (Å²) in [5, 5.41) is 22.5. The number of hydrogen-bond donors (Lipinski definition) is 2. The molecule has 35 heavy (non-hydrogen) atoms. The minimum absolute atomic E-state index is 0.0562. The number of aliphatic hydroxyl groups excluding tert-OH is 1. The van der Waals surface area contributed by atoms with E-state index in [0.717, 1.165) is 18.4 Å². The maximum atomic E-state index is 14.3. The van der Waals surface area contributed by atoms with Crippen molar-refractivity contribution in [2.75, 3.05) is 0 Å². The van der Waals surface area contributed by atoms with Crippen LogP contribution in [0.3, 0.4) is 0 Å². The first-order valence-corrected chi connectivity index (χ1v) is 13.5. The Morgan fingerprint density at radius 1 is 1.06 bits per heavy atom. The van der Waals surface area contributed by atoms with Gasteiger partial charge < -0.3 is 14.9 Å². The Morgan fingerprint density at radius 2 is 1.71 bits per heavy atom. The van der Waals surface area contributed by atoms with Crippen LogP contribution >= 0.6 is 0 Å². The molecule has 1 heterocycles. The molecule has 5 aliphatic rings. The molecule has 0 aromatic carbocycles. The summed E-state index contributed by atoms with van der Waals surface area (Å²) >= 11 is 0. The van der Waals surface area contributed by atoms with Gasteiger partial charge >= 0.3 is 0 Å². The van der Waals surface area contributed by atoms with E-state index in [0.29, 0.717) is 12.8 Å². The van der Waals surface area contributed by atoms with Gasteiger partial charge in [-0.2, -0.15) is 0 Å². The quantitative estimate of drug-likeness (QED) is 0.523. The molecule has 194 valence electrons. The second-order valence-electron chi connectivity index (χ2n) is 14.2. The SMILES string of the molecule is CC(C)=CC1C[C@](C)(O)[C@H]2[C@@H](C[C@@]3(C)[C@@H]4CC=C5[C@@H](CC(=O)[C@@H](O)C5(C)C)[C@]4(C)C(=O)C[C@]23C)O1. The molecule has 2 N–H and O–H groups in total. The summed E-state index contributed by atoms with van der Waals surface area (Å²) in [6, 6.07) is 0. The highest BCUT2D eigenvalue weighted by molar-refractivity contribution is 5.92. The first-order valence-electron chi connectivity index (χ1n) is 13.5. The zero-order valence-corrected chi connectivity index (χ0v) is 22.8. The molecule has 0 radical (unpaired) electrons. The van der Waals surface area contributed by atoms with Crippen molar-refractivity contribution in [2.24, 2.45) is 39.4 Å². The van der Waals surface area contributed by atoms with Crippen LogP contribution in [0.1, 0.15) is 87.5 Å². The summed E-state index contributed by atoms with van der Waals surface area (Å²) in [5.74, 6) is -0.182. The van der Waals surface area contributed by atoms with Crippen LogP contribution < -0.4 is 0 Å². The summed E-state index contributed by atoms with van der Waals surface area (Å²) in [6.07, 6.45) is 5.82. The predicted octanol–water partition coefficient (Wildman–Crippen LogP) is 4.80. The van der Waals surface area contributed by atoms with Crippen LogP contribution in [-0.2, 0) is 14.3 Å². The molecule has 0 spiro atoms. The van der Waals surface area contributed by atoms with Crippen molar-refractivity contribution in [3.63, 3.8) is 0 Å². The van der Waals surface area contributed by atoms with Crippen molar-refractivity contribution in [3.8, 4) is 0 Å². The van der Waals surface area contributed by atoms with Gasteiger partial charge in [0.1, 0.15) is 11.9 Å². The van der Waals surface area contributed by atoms with E-state index < -0.39 is 27.9 Å². The maximum absolute atomic E-state index is 14.3. The first-order chi connectivity index (χ1) is 16.0. The van der Waals surface area contributed by atoms with Gasteiger partial charge in [-0.25, -0.2) is 0 Å². The Hall–Kier alpha value is -1.30. The third-order valence-electron chi connectivity index (χ3n) is 11.6. The Labute approximate surface area is 210 Å². The average Bonchev–Trinajstić information content (AvgIpc) is 2.93. The summed E-state index contributed by atoms with van der Waals surface area (Å²) < 4.78 is 6.65. The van der Waals surface area contributed by atoms with Crippen molar-refractivity contribution >= 4 is 11.6 Å². The van der Waals surface area contributed by atoms with E-state index in [-0.39, 0.29) is 53.4 Å². The van der Waals surface area contributed by atoms with Gasteiger partial charge in [0.15, 0.2) is 5.78 Å². The highest BCUT2D eigenvalue weighted by atomic mass is 16.5. The van der Waals surface area contributed by atoms with E-state index in [1.165, 1.54) is 5.57 Å². The van der Waals surface area contributed by atoms with E-state index in [4.69, 9.17) is 4.74 Å². The number of Topliss-reactive ketones (excluding diaryl/α,β-unsaturated/α-hetero) is 2. The van der Waals surface area contributed by atoms with E-state index in [2.05, 4.69) is 46.8 Å². The number of ketones is 2. The molecule has 4 aliphatic carbocycles. The van der Waals surface area contributed by atoms with Gasteiger partial charge in [0, 0.05) is 36.0 Å². The molecule has 0 aromatic heterocycles. The van der Waals surface area contributed by atoms with Crippen LogP contribution in [-0.4, -0.2) is 45.7 Å². The number of carbonyl (C=O) groups excluding carboxylic acids is 2. The summed E-state index contributed by atoms with van der Waals surface area (Å²) in [6.45, 7) is 16.6. The average molecular weight is 485 g/mol. The topological polar surface area (TPSA) is 83.8 Å². The van der Waals surface area contributed by atoms with E-state index in [9.17, 15) is 19.8 Å². The third kappa shape index (κ3) is 3.10. The molecule has 1 saturated heterocycles. The Balaban J connectivity index is 1.61.